The van der Waals surface area contributed by atoms with Crippen LogP contribution in [-0.4, -0.2) is 44.1 Å². The van der Waals surface area contributed by atoms with Crippen molar-refractivity contribution in [2.45, 2.75) is 22.4 Å². The third-order valence-corrected chi connectivity index (χ3v) is 6.54. The van der Waals surface area contributed by atoms with Crippen molar-refractivity contribution in [1.29, 1.82) is 0 Å². The van der Waals surface area contributed by atoms with Crippen molar-refractivity contribution in [2.75, 3.05) is 21.3 Å². The topological polar surface area (TPSA) is 61.8 Å². The van der Waals surface area contributed by atoms with E-state index in [2.05, 4.69) is 0 Å². The molecule has 3 aliphatic rings. The number of hydrogen-bond donors (Lipinski definition) is 0. The molecule has 6 heteroatoms. The van der Waals surface area contributed by atoms with E-state index < -0.39 is 17.2 Å². The molecule has 0 saturated heterocycles. The van der Waals surface area contributed by atoms with Crippen LogP contribution in [0.4, 0.5) is 0 Å². The molecule has 2 bridgehead atoms. The fourth-order valence-corrected chi connectivity index (χ4v) is 5.16. The largest absolute Gasteiger partial charge is 0.466 e. The van der Waals surface area contributed by atoms with Gasteiger partial charge in [-0.15, -0.1) is 11.8 Å². The summed E-state index contributed by atoms with van der Waals surface area (Å²) < 4.78 is 15.8. The molecule has 0 radical (unpaired) electrons. The van der Waals surface area contributed by atoms with Crippen LogP contribution >= 0.6 is 11.8 Å². The van der Waals surface area contributed by atoms with Crippen LogP contribution in [0.25, 0.3) is 0 Å². The maximum atomic E-state index is 13.5. The van der Waals surface area contributed by atoms with Gasteiger partial charge in [-0.05, 0) is 18.6 Å². The second-order valence-electron chi connectivity index (χ2n) is 6.32. The lowest BCUT2D eigenvalue weighted by Crippen LogP contribution is -2.64. The summed E-state index contributed by atoms with van der Waals surface area (Å²) in [5.74, 6) is -2.21. The number of carbonyl (C=O) groups is 2. The Morgan fingerprint density at radius 2 is 1.88 bits per heavy atom. The molecule has 3 aliphatic carbocycles. The zero-order valence-corrected chi connectivity index (χ0v) is 15.8. The molecule has 0 heterocycles. The van der Waals surface area contributed by atoms with Gasteiger partial charge in [-0.2, -0.15) is 0 Å². The van der Waals surface area contributed by atoms with E-state index in [0.29, 0.717) is 6.42 Å². The highest BCUT2D eigenvalue weighted by molar-refractivity contribution is 8.00. The number of carbonyl (C=O) groups excluding carboxylic acids is 2. The Balaban J connectivity index is 2.04. The van der Waals surface area contributed by atoms with Crippen LogP contribution in [0.5, 0.6) is 0 Å². The third kappa shape index (κ3) is 2.92. The van der Waals surface area contributed by atoms with Crippen molar-refractivity contribution in [3.8, 4) is 0 Å². The fourth-order valence-electron chi connectivity index (χ4n) is 3.75. The van der Waals surface area contributed by atoms with Gasteiger partial charge in [0.1, 0.15) is 0 Å². The fraction of sp³-hybridized carbons (Fsp3) is 0.400. The first-order valence-corrected chi connectivity index (χ1v) is 9.24. The van der Waals surface area contributed by atoms with Crippen LogP contribution in [0.2, 0.25) is 0 Å². The van der Waals surface area contributed by atoms with Gasteiger partial charge < -0.3 is 14.2 Å². The second-order valence-corrected chi connectivity index (χ2v) is 7.59. The number of methoxy groups -OCH3 is 3. The molecular weight excluding hydrogens is 352 g/mol. The molecule has 0 amide bonds. The standard InChI is InChI=1S/C20H22O5S/c1-23-17(21)10-12-19-11-9-14(20(24-2,25-3)18(19)22)13-16(19)26-15-7-5-4-6-8-15/h4-12,14,16H,13H2,1-3H3/b12-10+/t14-,16+,19+/m0/s1. The molecule has 3 atom stereocenters. The predicted octanol–water partition coefficient (Wildman–Crippen LogP) is 3.01. The van der Waals surface area contributed by atoms with Crippen molar-refractivity contribution in [1.82, 2.24) is 0 Å². The quantitative estimate of drug-likeness (QED) is 0.330. The number of thioether (sulfide) groups is 1. The predicted molar refractivity (Wildman–Crippen MR) is 98.7 cm³/mol. The van der Waals surface area contributed by atoms with E-state index in [1.54, 1.807) is 17.8 Å². The Hall–Kier alpha value is -1.89. The highest BCUT2D eigenvalue weighted by atomic mass is 32.2. The van der Waals surface area contributed by atoms with Crippen molar-refractivity contribution in [3.63, 3.8) is 0 Å². The zero-order valence-electron chi connectivity index (χ0n) is 15.0. The lowest BCUT2D eigenvalue weighted by Gasteiger charge is -2.53. The first-order valence-electron chi connectivity index (χ1n) is 8.36. The normalized spacial score (nSPS) is 29.3. The van der Waals surface area contributed by atoms with Crippen molar-refractivity contribution in [2.24, 2.45) is 11.3 Å². The summed E-state index contributed by atoms with van der Waals surface area (Å²) in [6.07, 6.45) is 7.45. The smallest absolute Gasteiger partial charge is 0.330 e. The molecule has 0 spiro atoms. The first kappa shape index (κ1) is 18.9. The van der Waals surface area contributed by atoms with Gasteiger partial charge in [0.05, 0.1) is 12.5 Å². The van der Waals surface area contributed by atoms with E-state index in [0.717, 1.165) is 4.90 Å². The van der Waals surface area contributed by atoms with Gasteiger partial charge in [0.15, 0.2) is 0 Å². The third-order valence-electron chi connectivity index (χ3n) is 5.13. The summed E-state index contributed by atoms with van der Waals surface area (Å²) in [6.45, 7) is 0. The Morgan fingerprint density at radius 3 is 2.50 bits per heavy atom. The maximum absolute atomic E-state index is 13.5. The lowest BCUT2D eigenvalue weighted by atomic mass is 9.60. The number of ketones is 1. The average molecular weight is 374 g/mol. The van der Waals surface area contributed by atoms with Crippen LogP contribution < -0.4 is 0 Å². The van der Waals surface area contributed by atoms with Gasteiger partial charge >= 0.3 is 5.97 Å². The SMILES string of the molecule is COC(=O)/C=C/[C@]12C=C[C@@H](C[C@H]1Sc1ccccc1)C(OC)(OC)C2=O. The van der Waals surface area contributed by atoms with Crippen LogP contribution in [0.1, 0.15) is 6.42 Å². The van der Waals surface area contributed by atoms with Gasteiger partial charge in [0.2, 0.25) is 11.6 Å². The molecule has 1 fully saturated rings. The zero-order chi connectivity index (χ0) is 18.8. The summed E-state index contributed by atoms with van der Waals surface area (Å²) in [5, 5.41) is -0.0771. The molecule has 0 aliphatic heterocycles. The molecule has 0 aromatic heterocycles. The highest BCUT2D eigenvalue weighted by Gasteiger charge is 2.63. The Morgan fingerprint density at radius 1 is 1.19 bits per heavy atom. The lowest BCUT2D eigenvalue weighted by molar-refractivity contribution is -0.238. The number of ether oxygens (including phenoxy) is 3. The Kier molecular flexibility index (Phi) is 5.37. The van der Waals surface area contributed by atoms with Crippen LogP contribution in [0.3, 0.4) is 0 Å². The number of esters is 1. The molecule has 1 aromatic carbocycles. The molecular formula is C20H22O5S. The van der Waals surface area contributed by atoms with Crippen LogP contribution in [0, 0.1) is 11.3 Å². The first-order chi connectivity index (χ1) is 12.5. The summed E-state index contributed by atoms with van der Waals surface area (Å²) in [7, 11) is 4.27. The number of rotatable bonds is 6. The van der Waals surface area contributed by atoms with Crippen molar-refractivity contribution < 1.29 is 23.8 Å². The number of benzene rings is 1. The van der Waals surface area contributed by atoms with Gasteiger partial charge in [-0.1, -0.05) is 36.4 Å². The number of Topliss-reactive ketones (excluding diaryl/α,β-unsaturated/α-hetero) is 1. The minimum absolute atomic E-state index is 0.0771. The molecule has 138 valence electrons. The molecule has 0 N–H and O–H groups in total. The Labute approximate surface area is 157 Å². The summed E-state index contributed by atoms with van der Waals surface area (Å²) in [4.78, 5) is 26.2. The van der Waals surface area contributed by atoms with Gasteiger partial charge in [0, 0.05) is 36.4 Å². The van der Waals surface area contributed by atoms with Crippen molar-refractivity contribution in [3.05, 3.63) is 54.6 Å². The van der Waals surface area contributed by atoms with E-state index in [1.807, 2.05) is 42.5 Å². The van der Waals surface area contributed by atoms with E-state index in [1.165, 1.54) is 27.4 Å². The maximum Gasteiger partial charge on any atom is 0.330 e. The second kappa shape index (κ2) is 7.39. The monoisotopic (exact) mass is 374 g/mol. The summed E-state index contributed by atoms with van der Waals surface area (Å²) in [5.41, 5.74) is -1.00. The Bertz CT molecular complexity index is 738. The summed E-state index contributed by atoms with van der Waals surface area (Å²) in [6, 6.07) is 9.91. The molecule has 1 saturated carbocycles. The number of fused-ring (bicyclic) bond motifs is 2. The van der Waals surface area contributed by atoms with Crippen molar-refractivity contribution >= 4 is 23.5 Å². The minimum Gasteiger partial charge on any atom is -0.466 e. The van der Waals surface area contributed by atoms with Gasteiger partial charge in [-0.3, -0.25) is 4.79 Å². The number of allylic oxidation sites excluding steroid dienone is 2. The molecule has 5 nitrogen and oxygen atoms in total. The highest BCUT2D eigenvalue weighted by Crippen LogP contribution is 2.55. The molecule has 1 aromatic rings. The van der Waals surface area contributed by atoms with E-state index in [4.69, 9.17) is 14.2 Å². The van der Waals surface area contributed by atoms with E-state index in [9.17, 15) is 9.59 Å². The van der Waals surface area contributed by atoms with E-state index in [-0.39, 0.29) is 17.0 Å². The average Bonchev–Trinajstić information content (AvgIpc) is 2.69. The van der Waals surface area contributed by atoms with E-state index >= 15 is 0 Å². The van der Waals surface area contributed by atoms with Crippen LogP contribution in [0.15, 0.2) is 59.5 Å². The number of hydrogen-bond acceptors (Lipinski definition) is 6. The van der Waals surface area contributed by atoms with Gasteiger partial charge in [0.25, 0.3) is 0 Å². The summed E-state index contributed by atoms with van der Waals surface area (Å²) >= 11 is 1.62. The minimum atomic E-state index is -1.33. The molecule has 0 unspecified atom stereocenters. The molecule has 26 heavy (non-hydrogen) atoms. The van der Waals surface area contributed by atoms with Gasteiger partial charge in [-0.25, -0.2) is 4.79 Å². The van der Waals surface area contributed by atoms with Crippen LogP contribution in [-0.2, 0) is 23.8 Å². The molecule has 4 rings (SSSR count).